The molecule has 20 heavy (non-hydrogen) atoms. The van der Waals surface area contributed by atoms with Crippen LogP contribution in [0.2, 0.25) is 0 Å². The van der Waals surface area contributed by atoms with Gasteiger partial charge in [-0.3, -0.25) is 9.88 Å². The van der Waals surface area contributed by atoms with Crippen LogP contribution < -0.4 is 0 Å². The molecule has 0 radical (unpaired) electrons. The van der Waals surface area contributed by atoms with Gasteiger partial charge in [0.05, 0.1) is 12.1 Å². The van der Waals surface area contributed by atoms with Crippen LogP contribution in [0.15, 0.2) is 24.5 Å². The number of nitrogens with zero attached hydrogens (tertiary/aromatic N) is 2. The van der Waals surface area contributed by atoms with Crippen molar-refractivity contribution in [2.45, 2.75) is 25.1 Å². The van der Waals surface area contributed by atoms with Gasteiger partial charge in [-0.05, 0) is 25.0 Å². The summed E-state index contributed by atoms with van der Waals surface area (Å²) in [4.78, 5) is 16.9. The summed E-state index contributed by atoms with van der Waals surface area (Å²) in [5.41, 5.74) is 0.401. The molecule has 1 aliphatic heterocycles. The second-order valence-electron chi connectivity index (χ2n) is 4.73. The van der Waals surface area contributed by atoms with Crippen LogP contribution in [0, 0.1) is 0 Å². The number of ether oxygens (including phenoxy) is 1. The van der Waals surface area contributed by atoms with Gasteiger partial charge in [-0.1, -0.05) is 0 Å². The molecule has 110 valence electrons. The van der Waals surface area contributed by atoms with Crippen LogP contribution in [0.4, 0.5) is 13.2 Å². The Balaban J connectivity index is 1.79. The highest BCUT2D eigenvalue weighted by Crippen LogP contribution is 2.21. The number of rotatable bonds is 3. The van der Waals surface area contributed by atoms with Gasteiger partial charge in [0, 0.05) is 25.5 Å². The first-order valence-electron chi connectivity index (χ1n) is 6.34. The van der Waals surface area contributed by atoms with Gasteiger partial charge in [0.25, 0.3) is 0 Å². The smallest absolute Gasteiger partial charge is 0.401 e. The van der Waals surface area contributed by atoms with E-state index in [4.69, 9.17) is 4.74 Å². The second-order valence-corrected chi connectivity index (χ2v) is 4.73. The summed E-state index contributed by atoms with van der Waals surface area (Å²) < 4.78 is 42.0. The minimum Gasteiger partial charge on any atom is -0.459 e. The van der Waals surface area contributed by atoms with E-state index >= 15 is 0 Å². The summed E-state index contributed by atoms with van der Waals surface area (Å²) in [6.45, 7) is -0.334. The van der Waals surface area contributed by atoms with Crippen molar-refractivity contribution in [1.82, 2.24) is 9.88 Å². The Bertz CT molecular complexity index is 443. The first kappa shape index (κ1) is 14.8. The third-order valence-corrected chi connectivity index (χ3v) is 3.13. The molecule has 7 heteroatoms. The zero-order chi connectivity index (χ0) is 14.6. The van der Waals surface area contributed by atoms with Crippen molar-refractivity contribution in [2.24, 2.45) is 0 Å². The molecule has 1 fully saturated rings. The Morgan fingerprint density at radius 1 is 1.30 bits per heavy atom. The van der Waals surface area contributed by atoms with Crippen molar-refractivity contribution >= 4 is 5.97 Å². The Hall–Kier alpha value is -1.63. The van der Waals surface area contributed by atoms with Gasteiger partial charge in [0.1, 0.15) is 6.10 Å². The van der Waals surface area contributed by atoms with Crippen LogP contribution in [0.1, 0.15) is 23.2 Å². The van der Waals surface area contributed by atoms with Gasteiger partial charge in [-0.2, -0.15) is 13.2 Å². The lowest BCUT2D eigenvalue weighted by Gasteiger charge is -2.31. The SMILES string of the molecule is O=C(OC1CCN(CC(F)(F)F)CC1)c1ccncc1. The predicted octanol–water partition coefficient (Wildman–Crippen LogP) is 2.27. The lowest BCUT2D eigenvalue weighted by Crippen LogP contribution is -2.42. The molecule has 0 atom stereocenters. The quantitative estimate of drug-likeness (QED) is 0.800. The summed E-state index contributed by atoms with van der Waals surface area (Å²) in [6, 6.07) is 3.09. The van der Waals surface area contributed by atoms with Gasteiger partial charge in [0.2, 0.25) is 0 Å². The fourth-order valence-electron chi connectivity index (χ4n) is 2.15. The van der Waals surface area contributed by atoms with E-state index in [0.29, 0.717) is 18.4 Å². The zero-order valence-corrected chi connectivity index (χ0v) is 10.8. The predicted molar refractivity (Wildman–Crippen MR) is 65.2 cm³/mol. The zero-order valence-electron chi connectivity index (χ0n) is 10.8. The maximum absolute atomic E-state index is 12.2. The number of alkyl halides is 3. The largest absolute Gasteiger partial charge is 0.459 e. The molecule has 1 saturated heterocycles. The summed E-state index contributed by atoms with van der Waals surface area (Å²) in [7, 11) is 0. The van der Waals surface area contributed by atoms with E-state index in [1.807, 2.05) is 0 Å². The third kappa shape index (κ3) is 4.48. The molecule has 0 aromatic carbocycles. The van der Waals surface area contributed by atoms with Crippen LogP contribution in [0.25, 0.3) is 0 Å². The fourth-order valence-corrected chi connectivity index (χ4v) is 2.15. The molecule has 4 nitrogen and oxygen atoms in total. The number of pyridine rings is 1. The van der Waals surface area contributed by atoms with Gasteiger partial charge in [-0.15, -0.1) is 0 Å². The Morgan fingerprint density at radius 2 is 1.90 bits per heavy atom. The number of hydrogen-bond donors (Lipinski definition) is 0. The van der Waals surface area contributed by atoms with Crippen molar-refractivity contribution in [3.63, 3.8) is 0 Å². The van der Waals surface area contributed by atoms with E-state index in [1.54, 1.807) is 12.1 Å². The molecule has 0 N–H and O–H groups in total. The highest BCUT2D eigenvalue weighted by molar-refractivity contribution is 5.89. The number of aromatic nitrogens is 1. The van der Waals surface area contributed by atoms with Gasteiger partial charge in [-0.25, -0.2) is 4.79 Å². The lowest BCUT2D eigenvalue weighted by molar-refractivity contribution is -0.150. The van der Waals surface area contributed by atoms with Gasteiger partial charge < -0.3 is 4.74 Å². The van der Waals surface area contributed by atoms with Gasteiger partial charge >= 0.3 is 12.1 Å². The number of carbonyl (C=O) groups is 1. The number of carbonyl (C=O) groups excluding carboxylic acids is 1. The number of hydrogen-bond acceptors (Lipinski definition) is 4. The van der Waals surface area contributed by atoms with Crippen LogP contribution >= 0.6 is 0 Å². The molecule has 1 aliphatic rings. The monoisotopic (exact) mass is 288 g/mol. The molecule has 0 unspecified atom stereocenters. The summed E-state index contributed by atoms with van der Waals surface area (Å²) in [5.74, 6) is -0.457. The molecule has 0 amide bonds. The molecule has 0 aliphatic carbocycles. The minimum atomic E-state index is -4.18. The maximum Gasteiger partial charge on any atom is 0.401 e. The molecule has 1 aromatic rings. The average molecular weight is 288 g/mol. The number of piperidine rings is 1. The van der Waals surface area contributed by atoms with Crippen LogP contribution in [-0.4, -0.2) is 47.8 Å². The topological polar surface area (TPSA) is 42.4 Å². The van der Waals surface area contributed by atoms with Crippen LogP contribution in [0.5, 0.6) is 0 Å². The van der Waals surface area contributed by atoms with E-state index in [1.165, 1.54) is 17.3 Å². The van der Waals surface area contributed by atoms with E-state index in [2.05, 4.69) is 4.98 Å². The van der Waals surface area contributed by atoms with Crippen LogP contribution in [-0.2, 0) is 4.74 Å². The van der Waals surface area contributed by atoms with E-state index in [9.17, 15) is 18.0 Å². The molecular formula is C13H15F3N2O2. The van der Waals surface area contributed by atoms with Gasteiger partial charge in [0.15, 0.2) is 0 Å². The fraction of sp³-hybridized carbons (Fsp3) is 0.538. The lowest BCUT2D eigenvalue weighted by atomic mass is 10.1. The molecule has 0 saturated carbocycles. The van der Waals surface area contributed by atoms with E-state index in [-0.39, 0.29) is 19.2 Å². The molecule has 2 rings (SSSR count). The first-order valence-corrected chi connectivity index (χ1v) is 6.34. The summed E-state index contributed by atoms with van der Waals surface area (Å²) in [6.07, 6.45) is -0.675. The number of halogens is 3. The number of likely N-dealkylation sites (tertiary alicyclic amines) is 1. The summed E-state index contributed by atoms with van der Waals surface area (Å²) in [5, 5.41) is 0. The molecule has 1 aromatic heterocycles. The summed E-state index contributed by atoms with van der Waals surface area (Å²) >= 11 is 0. The minimum absolute atomic E-state index is 0.286. The molecule has 0 spiro atoms. The van der Waals surface area contributed by atoms with Crippen molar-refractivity contribution in [1.29, 1.82) is 0 Å². The van der Waals surface area contributed by atoms with Crippen molar-refractivity contribution in [3.8, 4) is 0 Å². The average Bonchev–Trinajstić information content (AvgIpc) is 2.40. The van der Waals surface area contributed by atoms with E-state index in [0.717, 1.165) is 0 Å². The third-order valence-electron chi connectivity index (χ3n) is 3.13. The van der Waals surface area contributed by atoms with Crippen molar-refractivity contribution in [3.05, 3.63) is 30.1 Å². The van der Waals surface area contributed by atoms with Crippen molar-refractivity contribution < 1.29 is 22.7 Å². The van der Waals surface area contributed by atoms with Crippen molar-refractivity contribution in [2.75, 3.05) is 19.6 Å². The second kappa shape index (κ2) is 6.21. The number of esters is 1. The van der Waals surface area contributed by atoms with Crippen LogP contribution in [0.3, 0.4) is 0 Å². The molecular weight excluding hydrogens is 273 g/mol. The molecule has 0 bridgehead atoms. The molecule has 2 heterocycles. The Morgan fingerprint density at radius 3 is 2.45 bits per heavy atom. The first-order chi connectivity index (χ1) is 9.44. The normalized spacial score (nSPS) is 17.9. The Kier molecular flexibility index (Phi) is 4.59. The highest BCUT2D eigenvalue weighted by Gasteiger charge is 2.33. The Labute approximate surface area is 114 Å². The highest BCUT2D eigenvalue weighted by atomic mass is 19.4. The van der Waals surface area contributed by atoms with E-state index < -0.39 is 18.7 Å². The standard InChI is InChI=1S/C13H15F3N2O2/c14-13(15,16)9-18-7-3-11(4-8-18)20-12(19)10-1-5-17-6-2-10/h1-2,5-6,11H,3-4,7-9H2. The maximum atomic E-state index is 12.2.